The van der Waals surface area contributed by atoms with E-state index in [4.69, 9.17) is 10.2 Å². The van der Waals surface area contributed by atoms with E-state index in [1.54, 1.807) is 0 Å². The molecular formula is C16H19N3OS. The molecule has 0 fully saturated rings. The van der Waals surface area contributed by atoms with Crippen molar-refractivity contribution in [3.63, 3.8) is 0 Å². The van der Waals surface area contributed by atoms with Crippen molar-refractivity contribution in [3.8, 4) is 0 Å². The number of nitrogens with zero attached hydrogens (tertiary/aromatic N) is 2. The molecule has 3 aromatic rings. The van der Waals surface area contributed by atoms with Gasteiger partial charge in [-0.3, -0.25) is 0 Å². The molecule has 1 unspecified atom stereocenters. The third-order valence-electron chi connectivity index (χ3n) is 3.50. The van der Waals surface area contributed by atoms with Gasteiger partial charge in [-0.25, -0.2) is 0 Å². The standard InChI is InChI=1S/C16H19N3OS/c1-9-5-6-11-10(7-9)8-12(20-11)13(17)14-15(16(2,3)4)18-19-21-14/h5-8,13H,17H2,1-4H3. The summed E-state index contributed by atoms with van der Waals surface area (Å²) in [6, 6.07) is 7.81. The number of furan rings is 1. The summed E-state index contributed by atoms with van der Waals surface area (Å²) in [6.45, 7) is 8.41. The average molecular weight is 301 g/mol. The van der Waals surface area contributed by atoms with Crippen LogP contribution in [-0.2, 0) is 5.41 Å². The minimum absolute atomic E-state index is 0.0808. The van der Waals surface area contributed by atoms with Gasteiger partial charge in [0, 0.05) is 10.8 Å². The van der Waals surface area contributed by atoms with Crippen molar-refractivity contribution in [2.75, 3.05) is 0 Å². The summed E-state index contributed by atoms with van der Waals surface area (Å²) in [6.07, 6.45) is 0. The number of benzene rings is 1. The Kier molecular flexibility index (Phi) is 3.34. The number of fused-ring (bicyclic) bond motifs is 1. The summed E-state index contributed by atoms with van der Waals surface area (Å²) >= 11 is 1.35. The highest BCUT2D eigenvalue weighted by atomic mass is 32.1. The zero-order chi connectivity index (χ0) is 15.2. The lowest BCUT2D eigenvalue weighted by Gasteiger charge is -2.18. The molecule has 0 bridgehead atoms. The monoisotopic (exact) mass is 301 g/mol. The molecule has 0 radical (unpaired) electrons. The molecular weight excluding hydrogens is 282 g/mol. The molecule has 5 heteroatoms. The summed E-state index contributed by atoms with van der Waals surface area (Å²) in [5.41, 5.74) is 9.33. The Hall–Kier alpha value is -1.72. The van der Waals surface area contributed by atoms with E-state index < -0.39 is 0 Å². The largest absolute Gasteiger partial charge is 0.459 e. The summed E-state index contributed by atoms with van der Waals surface area (Å²) in [4.78, 5) is 0.971. The van der Waals surface area contributed by atoms with E-state index >= 15 is 0 Å². The van der Waals surface area contributed by atoms with Gasteiger partial charge in [0.15, 0.2) is 0 Å². The van der Waals surface area contributed by atoms with Gasteiger partial charge in [-0.05, 0) is 36.7 Å². The molecule has 0 aliphatic carbocycles. The first kappa shape index (κ1) is 14.2. The van der Waals surface area contributed by atoms with Gasteiger partial charge in [0.05, 0.1) is 10.6 Å². The van der Waals surface area contributed by atoms with Crippen LogP contribution in [0.4, 0.5) is 0 Å². The SMILES string of the molecule is Cc1ccc2oc(C(N)c3snnc3C(C)(C)C)cc2c1. The topological polar surface area (TPSA) is 64.9 Å². The Labute approximate surface area is 128 Å². The zero-order valence-electron chi connectivity index (χ0n) is 12.7. The lowest BCUT2D eigenvalue weighted by atomic mass is 9.90. The van der Waals surface area contributed by atoms with Crippen molar-refractivity contribution >= 4 is 22.5 Å². The summed E-state index contributed by atoms with van der Waals surface area (Å²) in [5, 5.41) is 5.33. The third-order valence-corrected chi connectivity index (χ3v) is 4.31. The van der Waals surface area contributed by atoms with E-state index in [2.05, 4.69) is 43.3 Å². The van der Waals surface area contributed by atoms with Crippen LogP contribution in [0.5, 0.6) is 0 Å². The molecule has 2 N–H and O–H groups in total. The summed E-state index contributed by atoms with van der Waals surface area (Å²) in [5.74, 6) is 0.757. The molecule has 1 atom stereocenters. The van der Waals surface area contributed by atoms with Crippen LogP contribution in [0.2, 0.25) is 0 Å². The number of aryl methyl sites for hydroxylation is 1. The van der Waals surface area contributed by atoms with Gasteiger partial charge in [0.25, 0.3) is 0 Å². The highest BCUT2D eigenvalue weighted by molar-refractivity contribution is 7.05. The first-order valence-corrected chi connectivity index (χ1v) is 7.72. The van der Waals surface area contributed by atoms with Crippen molar-refractivity contribution in [2.24, 2.45) is 5.73 Å². The summed E-state index contributed by atoms with van der Waals surface area (Å²) < 4.78 is 9.98. The molecule has 4 nitrogen and oxygen atoms in total. The molecule has 2 aromatic heterocycles. The molecule has 110 valence electrons. The number of nitrogens with two attached hydrogens (primary N) is 1. The predicted octanol–water partition coefficient (Wildman–Crippen LogP) is 3.94. The fourth-order valence-corrected chi connectivity index (χ4v) is 3.26. The lowest BCUT2D eigenvalue weighted by Crippen LogP contribution is -2.19. The fraction of sp³-hybridized carbons (Fsp3) is 0.375. The molecule has 0 aliphatic rings. The van der Waals surface area contributed by atoms with Gasteiger partial charge in [0.2, 0.25) is 0 Å². The van der Waals surface area contributed by atoms with E-state index in [1.165, 1.54) is 17.1 Å². The number of hydrogen-bond donors (Lipinski definition) is 1. The Morgan fingerprint density at radius 2 is 2.00 bits per heavy atom. The Morgan fingerprint density at radius 3 is 2.71 bits per heavy atom. The van der Waals surface area contributed by atoms with Crippen LogP contribution in [0, 0.1) is 6.92 Å². The van der Waals surface area contributed by atoms with E-state index in [-0.39, 0.29) is 11.5 Å². The fourth-order valence-electron chi connectivity index (χ4n) is 2.39. The van der Waals surface area contributed by atoms with E-state index in [0.29, 0.717) is 0 Å². The minimum Gasteiger partial charge on any atom is -0.459 e. The van der Waals surface area contributed by atoms with Crippen LogP contribution in [0.25, 0.3) is 11.0 Å². The van der Waals surface area contributed by atoms with Crippen LogP contribution in [0.1, 0.15) is 48.7 Å². The van der Waals surface area contributed by atoms with Crippen molar-refractivity contribution in [3.05, 3.63) is 46.2 Å². The van der Waals surface area contributed by atoms with Crippen LogP contribution < -0.4 is 5.73 Å². The first-order chi connectivity index (χ1) is 9.86. The number of rotatable bonds is 2. The Bertz CT molecular complexity index is 782. The molecule has 0 aliphatic heterocycles. The zero-order valence-corrected chi connectivity index (χ0v) is 13.5. The van der Waals surface area contributed by atoms with Crippen LogP contribution in [0.3, 0.4) is 0 Å². The molecule has 0 saturated carbocycles. The maximum absolute atomic E-state index is 6.40. The van der Waals surface area contributed by atoms with Crippen molar-refractivity contribution in [1.82, 2.24) is 9.59 Å². The molecule has 3 rings (SSSR count). The normalized spacial score (nSPS) is 13.8. The van der Waals surface area contributed by atoms with Crippen molar-refractivity contribution in [1.29, 1.82) is 0 Å². The van der Waals surface area contributed by atoms with Crippen LogP contribution in [-0.4, -0.2) is 9.59 Å². The number of hydrogen-bond acceptors (Lipinski definition) is 5. The Morgan fingerprint density at radius 1 is 1.24 bits per heavy atom. The van der Waals surface area contributed by atoms with E-state index in [0.717, 1.165) is 27.3 Å². The van der Waals surface area contributed by atoms with Gasteiger partial charge >= 0.3 is 0 Å². The van der Waals surface area contributed by atoms with Gasteiger partial charge in [-0.1, -0.05) is 36.9 Å². The maximum Gasteiger partial charge on any atom is 0.134 e. The second-order valence-corrected chi connectivity index (χ2v) is 7.19. The molecule has 0 amide bonds. The summed E-state index contributed by atoms with van der Waals surface area (Å²) in [7, 11) is 0. The predicted molar refractivity (Wildman–Crippen MR) is 85.6 cm³/mol. The molecule has 0 spiro atoms. The average Bonchev–Trinajstić information content (AvgIpc) is 3.02. The van der Waals surface area contributed by atoms with Gasteiger partial charge < -0.3 is 10.2 Å². The highest BCUT2D eigenvalue weighted by Crippen LogP contribution is 2.34. The molecule has 0 saturated heterocycles. The first-order valence-electron chi connectivity index (χ1n) is 6.94. The van der Waals surface area contributed by atoms with Crippen molar-refractivity contribution in [2.45, 2.75) is 39.2 Å². The second kappa shape index (κ2) is 4.93. The van der Waals surface area contributed by atoms with E-state index in [9.17, 15) is 0 Å². The second-order valence-electron chi connectivity index (χ2n) is 6.40. The van der Waals surface area contributed by atoms with Crippen LogP contribution >= 0.6 is 11.5 Å². The minimum atomic E-state index is -0.327. The maximum atomic E-state index is 6.40. The Balaban J connectivity index is 2.04. The molecule has 2 heterocycles. The van der Waals surface area contributed by atoms with Gasteiger partial charge in [-0.2, -0.15) is 0 Å². The highest BCUT2D eigenvalue weighted by Gasteiger charge is 2.27. The molecule has 1 aromatic carbocycles. The van der Waals surface area contributed by atoms with Crippen molar-refractivity contribution < 1.29 is 4.42 Å². The van der Waals surface area contributed by atoms with Crippen LogP contribution in [0.15, 0.2) is 28.7 Å². The van der Waals surface area contributed by atoms with Gasteiger partial charge in [-0.15, -0.1) is 5.10 Å². The number of aromatic nitrogens is 2. The quantitative estimate of drug-likeness (QED) is 0.778. The van der Waals surface area contributed by atoms with E-state index in [1.807, 2.05) is 18.2 Å². The smallest absolute Gasteiger partial charge is 0.134 e. The van der Waals surface area contributed by atoms with Gasteiger partial charge in [0.1, 0.15) is 17.4 Å². The molecule has 21 heavy (non-hydrogen) atoms. The third kappa shape index (κ3) is 2.59. The lowest BCUT2D eigenvalue weighted by molar-refractivity contribution is 0.513.